The molecule has 1 fully saturated rings. The van der Waals surface area contributed by atoms with Gasteiger partial charge in [0.25, 0.3) is 0 Å². The first kappa shape index (κ1) is 17.5. The number of fused-ring (bicyclic) bond motifs is 1. The lowest BCUT2D eigenvalue weighted by Crippen LogP contribution is -2.39. The molecular weight excluding hydrogens is 378 g/mol. The lowest BCUT2D eigenvalue weighted by Gasteiger charge is -2.26. The highest BCUT2D eigenvalue weighted by molar-refractivity contribution is 8.13. The highest BCUT2D eigenvalue weighted by Gasteiger charge is 2.47. The molecule has 0 amide bonds. The Morgan fingerprint density at radius 3 is 2.62 bits per heavy atom. The number of rotatable bonds is 3. The molecule has 2 atom stereocenters. The zero-order valence-electron chi connectivity index (χ0n) is 13.7. The Balaban J connectivity index is 1.66. The molecule has 1 saturated heterocycles. The van der Waals surface area contributed by atoms with Crippen LogP contribution in [0.15, 0.2) is 53.5 Å². The van der Waals surface area contributed by atoms with Gasteiger partial charge in [0.2, 0.25) is 0 Å². The monoisotopic (exact) mass is 394 g/mol. The fourth-order valence-electron chi connectivity index (χ4n) is 3.31. The van der Waals surface area contributed by atoms with E-state index in [1.807, 2.05) is 30.3 Å². The van der Waals surface area contributed by atoms with Crippen LogP contribution < -0.4 is 4.90 Å². The predicted molar refractivity (Wildman–Crippen MR) is 100 cm³/mol. The smallest absolute Gasteiger partial charge is 0.164 e. The Kier molecular flexibility index (Phi) is 4.48. The number of thioether (sulfide) groups is 1. The first-order chi connectivity index (χ1) is 12.4. The highest BCUT2D eigenvalue weighted by Crippen LogP contribution is 2.37. The topological polar surface area (TPSA) is 49.7 Å². The number of amidine groups is 1. The summed E-state index contributed by atoms with van der Waals surface area (Å²) in [6, 6.07) is 12.2. The van der Waals surface area contributed by atoms with Crippen LogP contribution in [0.4, 0.5) is 14.5 Å². The van der Waals surface area contributed by atoms with Crippen LogP contribution in [0.1, 0.15) is 5.56 Å². The van der Waals surface area contributed by atoms with Gasteiger partial charge in [-0.1, -0.05) is 42.1 Å². The number of hydrogen-bond acceptors (Lipinski definition) is 5. The van der Waals surface area contributed by atoms with Crippen LogP contribution in [0.3, 0.4) is 0 Å². The summed E-state index contributed by atoms with van der Waals surface area (Å²) >= 11 is 1.43. The van der Waals surface area contributed by atoms with Crippen molar-refractivity contribution in [3.63, 3.8) is 0 Å². The molecule has 0 spiro atoms. The Labute approximate surface area is 154 Å². The first-order valence-electron chi connectivity index (χ1n) is 8.12. The molecule has 26 heavy (non-hydrogen) atoms. The third-order valence-electron chi connectivity index (χ3n) is 4.49. The number of benzene rings is 2. The molecule has 0 unspecified atom stereocenters. The van der Waals surface area contributed by atoms with Crippen molar-refractivity contribution in [2.75, 3.05) is 16.4 Å². The lowest BCUT2D eigenvalue weighted by molar-refractivity contribution is 0.577. The minimum absolute atomic E-state index is 0.0353. The predicted octanol–water partition coefficient (Wildman–Crippen LogP) is 3.24. The summed E-state index contributed by atoms with van der Waals surface area (Å²) in [7, 11) is -3.21. The summed E-state index contributed by atoms with van der Waals surface area (Å²) in [5, 5.41) is 0.573. The Morgan fingerprint density at radius 2 is 1.88 bits per heavy atom. The van der Waals surface area contributed by atoms with E-state index in [-0.39, 0.29) is 17.2 Å². The molecule has 4 rings (SSSR count). The van der Waals surface area contributed by atoms with Crippen molar-refractivity contribution in [1.82, 2.24) is 0 Å². The molecule has 8 heteroatoms. The Bertz CT molecular complexity index is 964. The van der Waals surface area contributed by atoms with E-state index in [1.165, 1.54) is 23.9 Å². The third-order valence-corrected chi connectivity index (χ3v) is 7.22. The van der Waals surface area contributed by atoms with Gasteiger partial charge < -0.3 is 4.90 Å². The quantitative estimate of drug-likeness (QED) is 0.802. The number of nitrogens with zero attached hydrogens (tertiary/aromatic N) is 2. The summed E-state index contributed by atoms with van der Waals surface area (Å²) < 4.78 is 51.7. The van der Waals surface area contributed by atoms with Crippen molar-refractivity contribution in [3.05, 3.63) is 65.7 Å². The normalized spacial score (nSPS) is 23.8. The molecule has 2 aliphatic heterocycles. The van der Waals surface area contributed by atoms with Crippen LogP contribution in [0.5, 0.6) is 0 Å². The number of anilines is 1. The van der Waals surface area contributed by atoms with Crippen LogP contribution in [-0.2, 0) is 15.6 Å². The molecule has 0 aliphatic carbocycles. The van der Waals surface area contributed by atoms with E-state index in [2.05, 4.69) is 4.99 Å². The van der Waals surface area contributed by atoms with E-state index in [0.717, 1.165) is 11.6 Å². The van der Waals surface area contributed by atoms with Crippen LogP contribution in [-0.4, -0.2) is 37.2 Å². The summed E-state index contributed by atoms with van der Waals surface area (Å²) in [4.78, 5) is 6.17. The SMILES string of the molecule is O=S1(=O)C[C@@H]2[C@@H](C1)N=C(SCc1ccccc1)N2c1ccc(F)cc1F. The van der Waals surface area contributed by atoms with Gasteiger partial charge in [-0.2, -0.15) is 0 Å². The van der Waals surface area contributed by atoms with Gasteiger partial charge in [-0.05, 0) is 17.7 Å². The molecule has 0 radical (unpaired) electrons. The second kappa shape index (κ2) is 6.66. The van der Waals surface area contributed by atoms with Crippen molar-refractivity contribution in [3.8, 4) is 0 Å². The Hall–Kier alpha value is -1.93. The van der Waals surface area contributed by atoms with Crippen LogP contribution in [0.2, 0.25) is 0 Å². The van der Waals surface area contributed by atoms with Crippen LogP contribution in [0, 0.1) is 11.6 Å². The largest absolute Gasteiger partial charge is 0.312 e. The lowest BCUT2D eigenvalue weighted by atomic mass is 10.1. The fraction of sp³-hybridized carbons (Fsp3) is 0.278. The zero-order valence-corrected chi connectivity index (χ0v) is 15.3. The van der Waals surface area contributed by atoms with Gasteiger partial charge in [-0.3, -0.25) is 4.99 Å². The number of aliphatic imine (C=N–C) groups is 1. The fourth-order valence-corrected chi connectivity index (χ4v) is 6.23. The molecule has 136 valence electrons. The van der Waals surface area contributed by atoms with Gasteiger partial charge in [0.15, 0.2) is 15.0 Å². The summed E-state index contributed by atoms with van der Waals surface area (Å²) in [5.41, 5.74) is 1.25. The standard InChI is InChI=1S/C18H16F2N2O2S2/c19-13-6-7-16(14(20)8-13)22-17-11-26(23,24)10-15(17)21-18(22)25-9-12-4-2-1-3-5-12/h1-8,15,17H,9-11H2/t15-,17-/m1/s1. The maximum Gasteiger partial charge on any atom is 0.164 e. The van der Waals surface area contributed by atoms with Crippen molar-refractivity contribution in [2.45, 2.75) is 17.8 Å². The molecule has 0 bridgehead atoms. The van der Waals surface area contributed by atoms with Gasteiger partial charge in [0.05, 0.1) is 29.3 Å². The molecule has 2 aliphatic rings. The molecule has 2 aromatic rings. The second-order valence-electron chi connectivity index (χ2n) is 6.36. The van der Waals surface area contributed by atoms with Gasteiger partial charge in [0, 0.05) is 11.8 Å². The highest BCUT2D eigenvalue weighted by atomic mass is 32.2. The first-order valence-corrected chi connectivity index (χ1v) is 10.9. The third kappa shape index (κ3) is 3.35. The zero-order chi connectivity index (χ0) is 18.3. The van der Waals surface area contributed by atoms with E-state index in [9.17, 15) is 17.2 Å². The number of sulfone groups is 1. The van der Waals surface area contributed by atoms with Gasteiger partial charge in [0.1, 0.15) is 11.6 Å². The van der Waals surface area contributed by atoms with Crippen molar-refractivity contribution in [1.29, 1.82) is 0 Å². The molecule has 4 nitrogen and oxygen atoms in total. The minimum atomic E-state index is -3.21. The second-order valence-corrected chi connectivity index (χ2v) is 9.46. The maximum atomic E-state index is 14.4. The van der Waals surface area contributed by atoms with Gasteiger partial charge in [-0.25, -0.2) is 17.2 Å². The van der Waals surface area contributed by atoms with E-state index < -0.39 is 33.6 Å². The van der Waals surface area contributed by atoms with Gasteiger partial charge >= 0.3 is 0 Å². The van der Waals surface area contributed by atoms with Crippen molar-refractivity contribution >= 4 is 32.5 Å². The molecule has 0 aromatic heterocycles. The summed E-state index contributed by atoms with van der Waals surface area (Å²) in [6.45, 7) is 0. The van der Waals surface area contributed by atoms with E-state index in [1.54, 1.807) is 4.90 Å². The number of halogens is 2. The maximum absolute atomic E-state index is 14.4. The average Bonchev–Trinajstić information content (AvgIpc) is 3.06. The van der Waals surface area contributed by atoms with Crippen molar-refractivity contribution < 1.29 is 17.2 Å². The minimum Gasteiger partial charge on any atom is -0.312 e. The number of hydrogen-bond donors (Lipinski definition) is 0. The van der Waals surface area contributed by atoms with Gasteiger partial charge in [-0.15, -0.1) is 0 Å². The summed E-state index contributed by atoms with van der Waals surface area (Å²) in [6.07, 6.45) is 0. The van der Waals surface area contributed by atoms with E-state index in [4.69, 9.17) is 0 Å². The van der Waals surface area contributed by atoms with E-state index in [0.29, 0.717) is 10.9 Å². The van der Waals surface area contributed by atoms with Crippen LogP contribution >= 0.6 is 11.8 Å². The average molecular weight is 394 g/mol. The molecule has 0 saturated carbocycles. The molecule has 2 aromatic carbocycles. The summed E-state index contributed by atoms with van der Waals surface area (Å²) in [5.74, 6) is -0.871. The Morgan fingerprint density at radius 1 is 1.12 bits per heavy atom. The van der Waals surface area contributed by atoms with Crippen LogP contribution in [0.25, 0.3) is 0 Å². The molecular formula is C18H16F2N2O2S2. The molecule has 2 heterocycles. The molecule has 0 N–H and O–H groups in total. The van der Waals surface area contributed by atoms with E-state index >= 15 is 0 Å². The van der Waals surface area contributed by atoms with Crippen molar-refractivity contribution in [2.24, 2.45) is 4.99 Å².